The van der Waals surface area contributed by atoms with Crippen molar-refractivity contribution in [3.63, 3.8) is 0 Å². The molecule has 0 aromatic heterocycles. The van der Waals surface area contributed by atoms with Crippen molar-refractivity contribution in [1.29, 1.82) is 0 Å². The van der Waals surface area contributed by atoms with Crippen LogP contribution >= 0.6 is 0 Å². The minimum absolute atomic E-state index is 0.00870. The van der Waals surface area contributed by atoms with E-state index in [1.54, 1.807) is 6.07 Å². The van der Waals surface area contributed by atoms with Gasteiger partial charge in [0.15, 0.2) is 0 Å². The molecular weight excluding hydrogens is 221 g/mol. The third-order valence-corrected chi connectivity index (χ3v) is 3.35. The number of rotatable bonds is 4. The second-order valence-corrected chi connectivity index (χ2v) is 4.88. The summed E-state index contributed by atoms with van der Waals surface area (Å²) in [5.74, 6) is -1.16. The molecule has 1 aromatic rings. The summed E-state index contributed by atoms with van der Waals surface area (Å²) in [7, 11) is 3.68. The second kappa shape index (κ2) is 4.02. The highest BCUT2D eigenvalue weighted by molar-refractivity contribution is 5.72. The molecule has 0 spiro atoms. The zero-order chi connectivity index (χ0) is 12.6. The van der Waals surface area contributed by atoms with Crippen LogP contribution in [0.1, 0.15) is 24.8 Å². The summed E-state index contributed by atoms with van der Waals surface area (Å²) in [6, 6.07) is 4.90. The Morgan fingerprint density at radius 3 is 2.59 bits per heavy atom. The molecule has 0 amide bonds. The maximum Gasteiger partial charge on any atom is 0.304 e. The van der Waals surface area contributed by atoms with Crippen LogP contribution in [0.15, 0.2) is 18.2 Å². The van der Waals surface area contributed by atoms with Crippen LogP contribution in [-0.4, -0.2) is 25.2 Å². The van der Waals surface area contributed by atoms with Crippen LogP contribution in [0.3, 0.4) is 0 Å². The van der Waals surface area contributed by atoms with E-state index in [1.165, 1.54) is 6.07 Å². The molecule has 0 aliphatic heterocycles. The van der Waals surface area contributed by atoms with Crippen LogP contribution in [0.25, 0.3) is 0 Å². The lowest BCUT2D eigenvalue weighted by molar-refractivity contribution is -0.137. The Labute approximate surface area is 99.9 Å². The third-order valence-electron chi connectivity index (χ3n) is 3.35. The third kappa shape index (κ3) is 2.12. The van der Waals surface area contributed by atoms with Gasteiger partial charge in [-0.15, -0.1) is 0 Å². The average molecular weight is 237 g/mol. The molecule has 1 fully saturated rings. The van der Waals surface area contributed by atoms with E-state index in [0.29, 0.717) is 5.56 Å². The molecular formula is C13H16FNO2. The summed E-state index contributed by atoms with van der Waals surface area (Å²) in [4.78, 5) is 12.7. The number of nitrogens with zero attached hydrogens (tertiary/aromatic N) is 1. The van der Waals surface area contributed by atoms with E-state index < -0.39 is 11.4 Å². The maximum absolute atomic E-state index is 14.0. The summed E-state index contributed by atoms with van der Waals surface area (Å²) in [5, 5.41) is 8.93. The summed E-state index contributed by atoms with van der Waals surface area (Å²) in [6.45, 7) is 0. The van der Waals surface area contributed by atoms with Gasteiger partial charge in [-0.05, 0) is 25.0 Å². The molecule has 4 heteroatoms. The number of halogens is 1. The van der Waals surface area contributed by atoms with Gasteiger partial charge in [-0.25, -0.2) is 4.39 Å². The quantitative estimate of drug-likeness (QED) is 0.874. The van der Waals surface area contributed by atoms with Gasteiger partial charge in [0.05, 0.1) is 6.42 Å². The zero-order valence-corrected chi connectivity index (χ0v) is 10.0. The van der Waals surface area contributed by atoms with Crippen LogP contribution in [0, 0.1) is 5.82 Å². The Balaban J connectivity index is 2.47. The lowest BCUT2D eigenvalue weighted by atomic mass is 9.90. The molecule has 1 aliphatic carbocycles. The highest BCUT2D eigenvalue weighted by Crippen LogP contribution is 2.54. The van der Waals surface area contributed by atoms with Crippen molar-refractivity contribution in [2.75, 3.05) is 19.0 Å². The lowest BCUT2D eigenvalue weighted by Crippen LogP contribution is -2.20. The minimum Gasteiger partial charge on any atom is -0.481 e. The van der Waals surface area contributed by atoms with Crippen LogP contribution in [-0.2, 0) is 10.2 Å². The number of hydrogen-bond acceptors (Lipinski definition) is 2. The standard InChI is InChI=1S/C13H16FNO2/c1-15(2)10-5-3-4-9(14)12(10)13(6-7-13)8-11(16)17/h3-5H,6-8H2,1-2H3,(H,16,17). The molecule has 0 atom stereocenters. The average Bonchev–Trinajstić information content (AvgIpc) is 2.96. The molecule has 17 heavy (non-hydrogen) atoms. The van der Waals surface area contributed by atoms with E-state index in [0.717, 1.165) is 18.5 Å². The number of benzene rings is 1. The first-order chi connectivity index (χ1) is 7.96. The predicted molar refractivity (Wildman–Crippen MR) is 63.9 cm³/mol. The zero-order valence-electron chi connectivity index (χ0n) is 10.0. The Hall–Kier alpha value is -1.58. The van der Waals surface area contributed by atoms with E-state index in [2.05, 4.69) is 0 Å². The first-order valence-electron chi connectivity index (χ1n) is 5.64. The van der Waals surface area contributed by atoms with Gasteiger partial charge < -0.3 is 10.0 Å². The Morgan fingerprint density at radius 2 is 2.12 bits per heavy atom. The van der Waals surface area contributed by atoms with E-state index in [1.807, 2.05) is 25.1 Å². The number of aliphatic carboxylic acids is 1. The summed E-state index contributed by atoms with van der Waals surface area (Å²) in [5.41, 5.74) is 0.854. The number of carboxylic acids is 1. The normalized spacial score (nSPS) is 16.6. The first-order valence-corrected chi connectivity index (χ1v) is 5.64. The van der Waals surface area contributed by atoms with Crippen LogP contribution in [0.5, 0.6) is 0 Å². The molecule has 0 heterocycles. The van der Waals surface area contributed by atoms with Gasteiger partial charge in [0.2, 0.25) is 0 Å². The van der Waals surface area contributed by atoms with Crippen LogP contribution in [0.2, 0.25) is 0 Å². The first kappa shape index (κ1) is 11.9. The van der Waals surface area contributed by atoms with Crippen molar-refractivity contribution in [1.82, 2.24) is 0 Å². The van der Waals surface area contributed by atoms with Crippen molar-refractivity contribution >= 4 is 11.7 Å². The van der Waals surface area contributed by atoms with Gasteiger partial charge in [0, 0.05) is 30.8 Å². The van der Waals surface area contributed by atoms with Gasteiger partial charge in [-0.2, -0.15) is 0 Å². The Kier molecular flexibility index (Phi) is 2.81. The fourth-order valence-corrected chi connectivity index (χ4v) is 2.37. The molecule has 0 saturated heterocycles. The van der Waals surface area contributed by atoms with E-state index in [9.17, 15) is 9.18 Å². The molecule has 0 radical (unpaired) electrons. The molecule has 0 unspecified atom stereocenters. The number of carboxylic acid groups (broad SMARTS) is 1. The van der Waals surface area contributed by atoms with Gasteiger partial charge >= 0.3 is 5.97 Å². The number of hydrogen-bond donors (Lipinski definition) is 1. The largest absolute Gasteiger partial charge is 0.481 e. The molecule has 1 aliphatic rings. The minimum atomic E-state index is -0.865. The highest BCUT2D eigenvalue weighted by Gasteiger charge is 2.49. The molecule has 1 aromatic carbocycles. The van der Waals surface area contributed by atoms with Gasteiger partial charge in [0.1, 0.15) is 5.82 Å². The molecule has 92 valence electrons. The van der Waals surface area contributed by atoms with E-state index >= 15 is 0 Å². The second-order valence-electron chi connectivity index (χ2n) is 4.88. The molecule has 1 N–H and O–H groups in total. The summed E-state index contributed by atoms with van der Waals surface area (Å²) < 4.78 is 14.0. The van der Waals surface area contributed by atoms with E-state index in [-0.39, 0.29) is 12.2 Å². The smallest absolute Gasteiger partial charge is 0.304 e. The van der Waals surface area contributed by atoms with Gasteiger partial charge in [-0.1, -0.05) is 6.07 Å². The van der Waals surface area contributed by atoms with Crippen LogP contribution in [0.4, 0.5) is 10.1 Å². The summed E-state index contributed by atoms with van der Waals surface area (Å²) >= 11 is 0. The fraction of sp³-hybridized carbons (Fsp3) is 0.462. The molecule has 0 bridgehead atoms. The molecule has 3 nitrogen and oxygen atoms in total. The SMILES string of the molecule is CN(C)c1cccc(F)c1C1(CC(=O)O)CC1. The predicted octanol–water partition coefficient (Wildman–Crippen LogP) is 2.40. The maximum atomic E-state index is 14.0. The van der Waals surface area contributed by atoms with Crippen molar-refractivity contribution in [3.8, 4) is 0 Å². The highest BCUT2D eigenvalue weighted by atomic mass is 19.1. The Bertz CT molecular complexity index is 453. The van der Waals surface area contributed by atoms with E-state index in [4.69, 9.17) is 5.11 Å². The molecule has 2 rings (SSSR count). The Morgan fingerprint density at radius 1 is 1.47 bits per heavy atom. The van der Waals surface area contributed by atoms with Crippen molar-refractivity contribution in [3.05, 3.63) is 29.6 Å². The number of anilines is 1. The topological polar surface area (TPSA) is 40.5 Å². The van der Waals surface area contributed by atoms with Crippen LogP contribution < -0.4 is 4.90 Å². The monoisotopic (exact) mass is 237 g/mol. The van der Waals surface area contributed by atoms with Gasteiger partial charge in [-0.3, -0.25) is 4.79 Å². The number of carbonyl (C=O) groups is 1. The molecule has 1 saturated carbocycles. The van der Waals surface area contributed by atoms with Gasteiger partial charge in [0.25, 0.3) is 0 Å². The summed E-state index contributed by atoms with van der Waals surface area (Å²) in [6.07, 6.45) is 1.51. The van der Waals surface area contributed by atoms with Crippen molar-refractivity contribution in [2.24, 2.45) is 0 Å². The fourth-order valence-electron chi connectivity index (χ4n) is 2.37. The van der Waals surface area contributed by atoms with Crippen molar-refractivity contribution in [2.45, 2.75) is 24.7 Å². The van der Waals surface area contributed by atoms with Crippen molar-refractivity contribution < 1.29 is 14.3 Å². The lowest BCUT2D eigenvalue weighted by Gasteiger charge is -2.23.